The number of carbonyl (C=O) groups excluding carboxylic acids is 2. The average Bonchev–Trinajstić information content (AvgIpc) is 2.55. The van der Waals surface area contributed by atoms with Crippen molar-refractivity contribution in [2.45, 2.75) is 64.2 Å². The summed E-state index contributed by atoms with van der Waals surface area (Å²) in [5.74, 6) is 0.372. The summed E-state index contributed by atoms with van der Waals surface area (Å²) >= 11 is 0. The third-order valence-electron chi connectivity index (χ3n) is 3.99. The second-order valence-corrected chi connectivity index (χ2v) is 7.25. The Morgan fingerprint density at radius 3 is 2.16 bits per heavy atom. The Kier molecular flexibility index (Phi) is 6.28. The van der Waals surface area contributed by atoms with Crippen LogP contribution in [0, 0.1) is 0 Å². The van der Waals surface area contributed by atoms with Gasteiger partial charge in [-0.25, -0.2) is 9.59 Å². The molecule has 1 amide bonds. The molecule has 0 radical (unpaired) electrons. The highest BCUT2D eigenvalue weighted by Crippen LogP contribution is 2.23. The number of esters is 1. The molecule has 25 heavy (non-hydrogen) atoms. The molecule has 1 N–H and O–H groups in total. The van der Waals surface area contributed by atoms with Crippen molar-refractivity contribution in [2.24, 2.45) is 0 Å². The first-order valence-corrected chi connectivity index (χ1v) is 8.61. The molecular weight excluding hydrogens is 322 g/mol. The van der Waals surface area contributed by atoms with Crippen LogP contribution in [0.15, 0.2) is 24.3 Å². The fourth-order valence-corrected chi connectivity index (χ4v) is 2.75. The van der Waals surface area contributed by atoms with E-state index < -0.39 is 11.7 Å². The SMILES string of the molecule is COc1ccc(C(=O)OC2CCC(NC(=O)OC(C)(C)C)CC2)cc1. The molecule has 1 saturated carbocycles. The molecule has 0 aliphatic heterocycles. The van der Waals surface area contributed by atoms with E-state index in [4.69, 9.17) is 14.2 Å². The molecule has 2 rings (SSSR count). The third-order valence-corrected chi connectivity index (χ3v) is 3.99. The predicted molar refractivity (Wildman–Crippen MR) is 93.8 cm³/mol. The highest BCUT2D eigenvalue weighted by atomic mass is 16.6. The van der Waals surface area contributed by atoms with Crippen molar-refractivity contribution in [2.75, 3.05) is 7.11 Å². The minimum absolute atomic E-state index is 0.0609. The number of ether oxygens (including phenoxy) is 3. The van der Waals surface area contributed by atoms with Gasteiger partial charge in [0.05, 0.1) is 12.7 Å². The summed E-state index contributed by atoms with van der Waals surface area (Å²) in [4.78, 5) is 24.0. The number of rotatable bonds is 4. The van der Waals surface area contributed by atoms with Crippen LogP contribution in [-0.4, -0.2) is 36.9 Å². The van der Waals surface area contributed by atoms with E-state index >= 15 is 0 Å². The van der Waals surface area contributed by atoms with Gasteiger partial charge in [0.2, 0.25) is 0 Å². The van der Waals surface area contributed by atoms with Gasteiger partial charge in [-0.3, -0.25) is 0 Å². The van der Waals surface area contributed by atoms with Gasteiger partial charge in [0.1, 0.15) is 17.5 Å². The Bertz CT molecular complexity index is 583. The zero-order valence-corrected chi connectivity index (χ0v) is 15.3. The first kappa shape index (κ1) is 19.1. The monoisotopic (exact) mass is 349 g/mol. The predicted octanol–water partition coefficient (Wildman–Crippen LogP) is 3.69. The lowest BCUT2D eigenvalue weighted by Crippen LogP contribution is -2.42. The van der Waals surface area contributed by atoms with Gasteiger partial charge in [-0.2, -0.15) is 0 Å². The Morgan fingerprint density at radius 1 is 1.04 bits per heavy atom. The Hall–Kier alpha value is -2.24. The van der Waals surface area contributed by atoms with Crippen molar-refractivity contribution < 1.29 is 23.8 Å². The van der Waals surface area contributed by atoms with Crippen LogP contribution in [0.4, 0.5) is 4.79 Å². The van der Waals surface area contributed by atoms with Crippen LogP contribution in [-0.2, 0) is 9.47 Å². The van der Waals surface area contributed by atoms with Crippen molar-refractivity contribution in [3.8, 4) is 5.75 Å². The summed E-state index contributed by atoms with van der Waals surface area (Å²) in [7, 11) is 1.58. The lowest BCUT2D eigenvalue weighted by Gasteiger charge is -2.29. The summed E-state index contributed by atoms with van der Waals surface area (Å²) < 4.78 is 15.9. The highest BCUT2D eigenvalue weighted by molar-refractivity contribution is 5.89. The van der Waals surface area contributed by atoms with Crippen molar-refractivity contribution >= 4 is 12.1 Å². The molecule has 1 fully saturated rings. The molecule has 1 aliphatic rings. The summed E-state index contributed by atoms with van der Waals surface area (Å²) in [6, 6.07) is 6.91. The number of alkyl carbamates (subject to hydrolysis) is 1. The minimum Gasteiger partial charge on any atom is -0.497 e. The van der Waals surface area contributed by atoms with Crippen LogP contribution in [0.5, 0.6) is 5.75 Å². The molecule has 0 atom stereocenters. The van der Waals surface area contributed by atoms with Crippen molar-refractivity contribution in [1.82, 2.24) is 5.32 Å². The summed E-state index contributed by atoms with van der Waals surface area (Å²) in [6.07, 6.45) is 2.46. The topological polar surface area (TPSA) is 73.9 Å². The first-order valence-electron chi connectivity index (χ1n) is 8.61. The Labute approximate surface area is 148 Å². The van der Waals surface area contributed by atoms with Crippen molar-refractivity contribution in [3.05, 3.63) is 29.8 Å². The quantitative estimate of drug-likeness (QED) is 0.839. The van der Waals surface area contributed by atoms with Gasteiger partial charge < -0.3 is 19.5 Å². The molecular formula is C19H27NO5. The standard InChI is InChI=1S/C19H27NO5/c1-19(2,3)25-18(22)20-14-7-11-16(12-8-14)24-17(21)13-5-9-15(23-4)10-6-13/h5-6,9-10,14,16H,7-8,11-12H2,1-4H3,(H,20,22). The first-order chi connectivity index (χ1) is 11.8. The van der Waals surface area contributed by atoms with Crippen LogP contribution < -0.4 is 10.1 Å². The van der Waals surface area contributed by atoms with Crippen LogP contribution in [0.1, 0.15) is 56.8 Å². The molecule has 0 unspecified atom stereocenters. The van der Waals surface area contributed by atoms with Gasteiger partial charge >= 0.3 is 12.1 Å². The maximum atomic E-state index is 12.2. The van der Waals surface area contributed by atoms with Gasteiger partial charge in [-0.1, -0.05) is 0 Å². The number of methoxy groups -OCH3 is 1. The number of hydrogen-bond donors (Lipinski definition) is 1. The molecule has 1 aromatic rings. The number of hydrogen-bond acceptors (Lipinski definition) is 5. The molecule has 1 aromatic carbocycles. The molecule has 1 aliphatic carbocycles. The van der Waals surface area contributed by atoms with E-state index in [0.29, 0.717) is 11.3 Å². The summed E-state index contributed by atoms with van der Waals surface area (Å²) in [5, 5.41) is 2.88. The van der Waals surface area contributed by atoms with E-state index in [2.05, 4.69) is 5.32 Å². The number of benzene rings is 1. The fraction of sp³-hybridized carbons (Fsp3) is 0.579. The van der Waals surface area contributed by atoms with E-state index in [9.17, 15) is 9.59 Å². The van der Waals surface area contributed by atoms with E-state index in [1.54, 1.807) is 31.4 Å². The van der Waals surface area contributed by atoms with E-state index in [-0.39, 0.29) is 18.1 Å². The molecule has 0 saturated heterocycles. The summed E-state index contributed by atoms with van der Waals surface area (Å²) in [6.45, 7) is 5.51. The average molecular weight is 349 g/mol. The van der Waals surface area contributed by atoms with E-state index in [1.165, 1.54) is 0 Å². The number of amides is 1. The maximum absolute atomic E-state index is 12.2. The summed E-state index contributed by atoms with van der Waals surface area (Å²) in [5.41, 5.74) is 0.00430. The second-order valence-electron chi connectivity index (χ2n) is 7.25. The van der Waals surface area contributed by atoms with E-state index in [1.807, 2.05) is 20.8 Å². The minimum atomic E-state index is -0.505. The zero-order chi connectivity index (χ0) is 18.4. The number of carbonyl (C=O) groups is 2. The molecule has 0 heterocycles. The van der Waals surface area contributed by atoms with Crippen LogP contribution in [0.25, 0.3) is 0 Å². The highest BCUT2D eigenvalue weighted by Gasteiger charge is 2.26. The normalized spacial score (nSPS) is 20.5. The second kappa shape index (κ2) is 8.23. The van der Waals surface area contributed by atoms with Gasteiger partial charge in [0, 0.05) is 6.04 Å². The molecule has 6 nitrogen and oxygen atoms in total. The van der Waals surface area contributed by atoms with Crippen LogP contribution in [0.2, 0.25) is 0 Å². The maximum Gasteiger partial charge on any atom is 0.407 e. The molecule has 6 heteroatoms. The van der Waals surface area contributed by atoms with Gasteiger partial charge in [0.25, 0.3) is 0 Å². The smallest absolute Gasteiger partial charge is 0.407 e. The lowest BCUT2D eigenvalue weighted by molar-refractivity contribution is 0.0162. The van der Waals surface area contributed by atoms with Gasteiger partial charge in [-0.05, 0) is 70.7 Å². The van der Waals surface area contributed by atoms with Crippen molar-refractivity contribution in [3.63, 3.8) is 0 Å². The lowest BCUT2D eigenvalue weighted by atomic mass is 9.93. The number of nitrogens with one attached hydrogen (secondary N) is 1. The Balaban J connectivity index is 1.76. The van der Waals surface area contributed by atoms with E-state index in [0.717, 1.165) is 25.7 Å². The Morgan fingerprint density at radius 2 is 1.64 bits per heavy atom. The van der Waals surface area contributed by atoms with Gasteiger partial charge in [0.15, 0.2) is 0 Å². The zero-order valence-electron chi connectivity index (χ0n) is 15.3. The van der Waals surface area contributed by atoms with Gasteiger partial charge in [-0.15, -0.1) is 0 Å². The largest absolute Gasteiger partial charge is 0.497 e. The van der Waals surface area contributed by atoms with Crippen LogP contribution in [0.3, 0.4) is 0 Å². The molecule has 0 spiro atoms. The van der Waals surface area contributed by atoms with Crippen LogP contribution >= 0.6 is 0 Å². The fourth-order valence-electron chi connectivity index (χ4n) is 2.75. The molecule has 0 aromatic heterocycles. The van der Waals surface area contributed by atoms with Crippen molar-refractivity contribution in [1.29, 1.82) is 0 Å². The molecule has 138 valence electrons. The molecule has 0 bridgehead atoms. The third kappa shape index (κ3) is 6.29.